The van der Waals surface area contributed by atoms with E-state index in [1.165, 1.54) is 22.0 Å². The Labute approximate surface area is 82.9 Å². The lowest BCUT2D eigenvalue weighted by Crippen LogP contribution is -2.00. The minimum atomic E-state index is 0.757. The highest BCUT2D eigenvalue weighted by molar-refractivity contribution is 8.08. The van der Waals surface area contributed by atoms with Gasteiger partial charge in [0.15, 0.2) is 0 Å². The van der Waals surface area contributed by atoms with Gasteiger partial charge in [0.2, 0.25) is 0 Å². The number of hydrogen-bond acceptors (Lipinski definition) is 2. The van der Waals surface area contributed by atoms with E-state index in [4.69, 9.17) is 0 Å². The summed E-state index contributed by atoms with van der Waals surface area (Å²) in [7, 11) is 0. The Morgan fingerprint density at radius 3 is 2.67 bits per heavy atom. The Balaban J connectivity index is 2.10. The number of thioether (sulfide) groups is 2. The molecule has 0 nitrogen and oxygen atoms in total. The molecule has 0 bridgehead atoms. The van der Waals surface area contributed by atoms with E-state index in [-0.39, 0.29) is 0 Å². The predicted molar refractivity (Wildman–Crippen MR) is 59.5 cm³/mol. The monoisotopic (exact) mass is 198 g/mol. The molecule has 2 unspecified atom stereocenters. The molecule has 2 heteroatoms. The molecule has 0 aromatic carbocycles. The topological polar surface area (TPSA) is 0 Å². The molecule has 0 aromatic rings. The third-order valence-electron chi connectivity index (χ3n) is 2.42. The van der Waals surface area contributed by atoms with Gasteiger partial charge in [0, 0.05) is 20.8 Å². The minimum Gasteiger partial charge on any atom is -0.125 e. The van der Waals surface area contributed by atoms with E-state index in [1.54, 1.807) is 0 Å². The van der Waals surface area contributed by atoms with Crippen molar-refractivity contribution in [3.63, 3.8) is 0 Å². The Bertz CT molecular complexity index is 240. The summed E-state index contributed by atoms with van der Waals surface area (Å²) in [4.78, 5) is 3.08. The third kappa shape index (κ3) is 1.60. The molecule has 0 aliphatic carbocycles. The molecule has 66 valence electrons. The molecule has 2 rings (SSSR count). The Morgan fingerprint density at radius 2 is 2.17 bits per heavy atom. The summed E-state index contributed by atoms with van der Waals surface area (Å²) in [6.07, 6.45) is 6.08. The van der Waals surface area contributed by atoms with Gasteiger partial charge in [-0.3, -0.25) is 0 Å². The standard InChI is InChI=1S/C10H14S2/c1-7-6-10(12-8(7)2)9-4-3-5-11-9/h4,6-8H,3,5H2,1-2H3. The van der Waals surface area contributed by atoms with Gasteiger partial charge in [-0.25, -0.2) is 0 Å². The highest BCUT2D eigenvalue weighted by Gasteiger charge is 2.23. The van der Waals surface area contributed by atoms with E-state index in [0.717, 1.165) is 11.2 Å². The smallest absolute Gasteiger partial charge is 0.0171 e. The molecule has 0 saturated carbocycles. The van der Waals surface area contributed by atoms with Crippen LogP contribution in [0.5, 0.6) is 0 Å². The van der Waals surface area contributed by atoms with E-state index in [2.05, 4.69) is 26.0 Å². The molecule has 2 aliphatic rings. The summed E-state index contributed by atoms with van der Waals surface area (Å²) in [6, 6.07) is 0. The van der Waals surface area contributed by atoms with E-state index in [1.807, 2.05) is 23.5 Å². The van der Waals surface area contributed by atoms with Crippen LogP contribution in [0, 0.1) is 5.92 Å². The van der Waals surface area contributed by atoms with Gasteiger partial charge in [-0.1, -0.05) is 26.0 Å². The normalized spacial score (nSPS) is 35.2. The van der Waals surface area contributed by atoms with Crippen LogP contribution in [0.3, 0.4) is 0 Å². The molecule has 0 amide bonds. The van der Waals surface area contributed by atoms with Gasteiger partial charge in [0.1, 0.15) is 0 Å². The van der Waals surface area contributed by atoms with Crippen molar-refractivity contribution in [2.75, 3.05) is 5.75 Å². The fourth-order valence-corrected chi connectivity index (χ4v) is 3.86. The van der Waals surface area contributed by atoms with Crippen molar-refractivity contribution in [3.8, 4) is 0 Å². The molecule has 0 saturated heterocycles. The lowest BCUT2D eigenvalue weighted by atomic mass is 10.1. The van der Waals surface area contributed by atoms with Crippen molar-refractivity contribution in [1.82, 2.24) is 0 Å². The fraction of sp³-hybridized carbons (Fsp3) is 0.600. The van der Waals surface area contributed by atoms with Crippen LogP contribution in [-0.2, 0) is 0 Å². The third-order valence-corrected chi connectivity index (χ3v) is 5.09. The Hall–Kier alpha value is 0.180. The van der Waals surface area contributed by atoms with Gasteiger partial charge in [-0.05, 0) is 12.3 Å². The van der Waals surface area contributed by atoms with E-state index >= 15 is 0 Å². The average molecular weight is 198 g/mol. The molecule has 2 aliphatic heterocycles. The lowest BCUT2D eigenvalue weighted by molar-refractivity contribution is 0.729. The molecule has 2 atom stereocenters. The van der Waals surface area contributed by atoms with E-state index in [0.29, 0.717) is 0 Å². The zero-order valence-corrected chi connectivity index (χ0v) is 9.17. The molecule has 0 aromatic heterocycles. The maximum atomic E-state index is 2.43. The average Bonchev–Trinajstić information content (AvgIpc) is 2.61. The molecular weight excluding hydrogens is 184 g/mol. The minimum absolute atomic E-state index is 0.757. The first-order valence-corrected chi connectivity index (χ1v) is 6.35. The number of rotatable bonds is 1. The predicted octanol–water partition coefficient (Wildman–Crippen LogP) is 3.66. The van der Waals surface area contributed by atoms with Crippen LogP contribution >= 0.6 is 23.5 Å². The second kappa shape index (κ2) is 3.51. The Kier molecular flexibility index (Phi) is 2.56. The van der Waals surface area contributed by atoms with Crippen LogP contribution in [0.2, 0.25) is 0 Å². The molecule has 12 heavy (non-hydrogen) atoms. The summed E-state index contributed by atoms with van der Waals surface area (Å²) in [5.74, 6) is 2.04. The van der Waals surface area contributed by atoms with Gasteiger partial charge in [-0.15, -0.1) is 23.5 Å². The second-order valence-corrected chi connectivity index (χ2v) is 5.97. The van der Waals surface area contributed by atoms with Crippen LogP contribution in [0.25, 0.3) is 0 Å². The van der Waals surface area contributed by atoms with Crippen LogP contribution in [-0.4, -0.2) is 11.0 Å². The molecule has 2 heterocycles. The maximum Gasteiger partial charge on any atom is 0.0171 e. The summed E-state index contributed by atoms with van der Waals surface area (Å²) >= 11 is 4.06. The van der Waals surface area contributed by atoms with Crippen LogP contribution < -0.4 is 0 Å². The molecule has 0 fully saturated rings. The summed E-state index contributed by atoms with van der Waals surface area (Å²) in [6.45, 7) is 4.63. The summed E-state index contributed by atoms with van der Waals surface area (Å²) in [5.41, 5.74) is 0. The SMILES string of the molecule is CC1C=C(C2=CCCS2)SC1C. The maximum absolute atomic E-state index is 2.43. The van der Waals surface area contributed by atoms with Crippen molar-refractivity contribution in [2.45, 2.75) is 25.5 Å². The van der Waals surface area contributed by atoms with Crippen LogP contribution in [0.4, 0.5) is 0 Å². The highest BCUT2D eigenvalue weighted by Crippen LogP contribution is 2.45. The molecule has 0 radical (unpaired) electrons. The first-order valence-electron chi connectivity index (χ1n) is 4.49. The van der Waals surface area contributed by atoms with Gasteiger partial charge >= 0.3 is 0 Å². The zero-order chi connectivity index (χ0) is 8.55. The van der Waals surface area contributed by atoms with Gasteiger partial charge < -0.3 is 0 Å². The van der Waals surface area contributed by atoms with Crippen molar-refractivity contribution in [1.29, 1.82) is 0 Å². The number of hydrogen-bond donors (Lipinski definition) is 0. The van der Waals surface area contributed by atoms with E-state index < -0.39 is 0 Å². The van der Waals surface area contributed by atoms with Gasteiger partial charge in [-0.2, -0.15) is 0 Å². The van der Waals surface area contributed by atoms with Gasteiger partial charge in [0.25, 0.3) is 0 Å². The molecular formula is C10H14S2. The largest absolute Gasteiger partial charge is 0.125 e. The van der Waals surface area contributed by atoms with Crippen molar-refractivity contribution in [3.05, 3.63) is 22.0 Å². The first-order chi connectivity index (χ1) is 5.77. The van der Waals surface area contributed by atoms with E-state index in [9.17, 15) is 0 Å². The number of allylic oxidation sites excluding steroid dienone is 2. The zero-order valence-electron chi connectivity index (χ0n) is 7.54. The van der Waals surface area contributed by atoms with Crippen LogP contribution in [0.15, 0.2) is 22.0 Å². The second-order valence-electron chi connectivity index (χ2n) is 3.42. The fourth-order valence-electron chi connectivity index (χ4n) is 1.45. The summed E-state index contributed by atoms with van der Waals surface area (Å²) < 4.78 is 0. The lowest BCUT2D eigenvalue weighted by Gasteiger charge is -2.06. The van der Waals surface area contributed by atoms with Gasteiger partial charge in [0.05, 0.1) is 0 Å². The quantitative estimate of drug-likeness (QED) is 0.630. The molecule has 0 spiro atoms. The van der Waals surface area contributed by atoms with Crippen LogP contribution in [0.1, 0.15) is 20.3 Å². The first kappa shape index (κ1) is 8.76. The van der Waals surface area contributed by atoms with Crippen molar-refractivity contribution < 1.29 is 0 Å². The van der Waals surface area contributed by atoms with Crippen molar-refractivity contribution in [2.24, 2.45) is 5.92 Å². The summed E-state index contributed by atoms with van der Waals surface area (Å²) in [5, 5.41) is 0.780. The molecule has 0 N–H and O–H groups in total. The van der Waals surface area contributed by atoms with Crippen molar-refractivity contribution >= 4 is 23.5 Å². The Morgan fingerprint density at radius 1 is 1.33 bits per heavy atom. The highest BCUT2D eigenvalue weighted by atomic mass is 32.2.